The van der Waals surface area contributed by atoms with E-state index in [-0.39, 0.29) is 17.3 Å². The van der Waals surface area contributed by atoms with Crippen LogP contribution in [0, 0.1) is 0 Å². The van der Waals surface area contributed by atoms with Gasteiger partial charge in [0, 0.05) is 11.3 Å². The molecule has 12 heavy (non-hydrogen) atoms. The zero-order chi connectivity index (χ0) is 9.56. The fourth-order valence-corrected chi connectivity index (χ4v) is 1.07. The molecule has 70 valence electrons. The molecule has 0 saturated heterocycles. The lowest BCUT2D eigenvalue weighted by Gasteiger charge is -2.10. The standard InChI is InChI=1S/C8H14O3S/c1-6(9)7(2)12-5-4-8(10)11-3/h4-7,9H,1-3H3/b5-4+. The van der Waals surface area contributed by atoms with Gasteiger partial charge in [0.15, 0.2) is 0 Å². The van der Waals surface area contributed by atoms with E-state index in [1.54, 1.807) is 12.3 Å². The van der Waals surface area contributed by atoms with Crippen molar-refractivity contribution in [3.63, 3.8) is 0 Å². The number of carbonyl (C=O) groups excluding carboxylic acids is 1. The molecule has 0 aliphatic carbocycles. The number of hydrogen-bond donors (Lipinski definition) is 1. The summed E-state index contributed by atoms with van der Waals surface area (Å²) < 4.78 is 4.39. The molecule has 2 atom stereocenters. The van der Waals surface area contributed by atoms with Crippen LogP contribution in [0.15, 0.2) is 11.5 Å². The second-order valence-electron chi connectivity index (χ2n) is 2.41. The van der Waals surface area contributed by atoms with E-state index >= 15 is 0 Å². The van der Waals surface area contributed by atoms with Crippen molar-refractivity contribution in [2.75, 3.05) is 7.11 Å². The molecule has 0 amide bonds. The first kappa shape index (κ1) is 11.5. The fraction of sp³-hybridized carbons (Fsp3) is 0.625. The fourth-order valence-electron chi connectivity index (χ4n) is 0.401. The van der Waals surface area contributed by atoms with Crippen molar-refractivity contribution in [3.05, 3.63) is 11.5 Å². The maximum absolute atomic E-state index is 10.6. The lowest BCUT2D eigenvalue weighted by atomic mass is 10.3. The third-order valence-corrected chi connectivity index (χ3v) is 2.49. The number of rotatable bonds is 4. The number of hydrogen-bond acceptors (Lipinski definition) is 4. The molecule has 0 radical (unpaired) electrons. The largest absolute Gasteiger partial charge is 0.466 e. The summed E-state index contributed by atoms with van der Waals surface area (Å²) in [5.74, 6) is -0.375. The summed E-state index contributed by atoms with van der Waals surface area (Å²) in [7, 11) is 1.33. The summed E-state index contributed by atoms with van der Waals surface area (Å²) in [4.78, 5) is 10.6. The molecule has 3 nitrogen and oxygen atoms in total. The molecular weight excluding hydrogens is 176 g/mol. The minimum atomic E-state index is -0.378. The number of esters is 1. The quantitative estimate of drug-likeness (QED) is 0.534. The van der Waals surface area contributed by atoms with E-state index in [9.17, 15) is 4.79 Å². The minimum absolute atomic E-state index is 0.0888. The van der Waals surface area contributed by atoms with Crippen molar-refractivity contribution >= 4 is 17.7 Å². The number of carbonyl (C=O) groups is 1. The molecule has 0 aromatic carbocycles. The van der Waals surface area contributed by atoms with Crippen LogP contribution in [-0.2, 0) is 9.53 Å². The van der Waals surface area contributed by atoms with Gasteiger partial charge < -0.3 is 9.84 Å². The van der Waals surface area contributed by atoms with E-state index < -0.39 is 0 Å². The van der Waals surface area contributed by atoms with Crippen LogP contribution in [0.5, 0.6) is 0 Å². The van der Waals surface area contributed by atoms with Gasteiger partial charge in [-0.2, -0.15) is 0 Å². The Hall–Kier alpha value is -0.480. The van der Waals surface area contributed by atoms with Gasteiger partial charge in [0.2, 0.25) is 0 Å². The first-order chi connectivity index (χ1) is 5.57. The summed E-state index contributed by atoms with van der Waals surface area (Å²) in [6, 6.07) is 0. The van der Waals surface area contributed by atoms with Crippen LogP contribution in [0.3, 0.4) is 0 Å². The van der Waals surface area contributed by atoms with Crippen molar-refractivity contribution in [1.29, 1.82) is 0 Å². The van der Waals surface area contributed by atoms with Crippen molar-refractivity contribution < 1.29 is 14.6 Å². The highest BCUT2D eigenvalue weighted by Gasteiger charge is 2.06. The van der Waals surface area contributed by atoms with Gasteiger partial charge in [0.05, 0.1) is 13.2 Å². The lowest BCUT2D eigenvalue weighted by molar-refractivity contribution is -0.134. The van der Waals surface area contributed by atoms with Gasteiger partial charge in [-0.3, -0.25) is 0 Å². The van der Waals surface area contributed by atoms with Crippen molar-refractivity contribution in [3.8, 4) is 0 Å². The SMILES string of the molecule is COC(=O)/C=C/SC(C)C(C)O. The van der Waals surface area contributed by atoms with E-state index in [2.05, 4.69) is 4.74 Å². The van der Waals surface area contributed by atoms with Gasteiger partial charge in [-0.1, -0.05) is 6.92 Å². The molecular formula is C8H14O3S. The smallest absolute Gasteiger partial charge is 0.330 e. The Morgan fingerprint density at radius 3 is 2.58 bits per heavy atom. The van der Waals surface area contributed by atoms with Crippen LogP contribution < -0.4 is 0 Å². The average molecular weight is 190 g/mol. The van der Waals surface area contributed by atoms with E-state index in [0.717, 1.165) is 0 Å². The highest BCUT2D eigenvalue weighted by atomic mass is 32.2. The zero-order valence-corrected chi connectivity index (χ0v) is 8.30. The summed E-state index contributed by atoms with van der Waals surface area (Å²) >= 11 is 1.40. The molecule has 0 saturated carbocycles. The number of methoxy groups -OCH3 is 1. The number of thioether (sulfide) groups is 1. The van der Waals surface area contributed by atoms with E-state index in [1.165, 1.54) is 24.9 Å². The van der Waals surface area contributed by atoms with E-state index in [1.807, 2.05) is 6.92 Å². The van der Waals surface area contributed by atoms with Crippen molar-refractivity contribution in [1.82, 2.24) is 0 Å². The van der Waals surface area contributed by atoms with E-state index in [0.29, 0.717) is 0 Å². The van der Waals surface area contributed by atoms with Crippen LogP contribution >= 0.6 is 11.8 Å². The molecule has 0 spiro atoms. The van der Waals surface area contributed by atoms with Gasteiger partial charge in [0.1, 0.15) is 0 Å². The van der Waals surface area contributed by atoms with Crippen molar-refractivity contribution in [2.45, 2.75) is 25.2 Å². The monoisotopic (exact) mass is 190 g/mol. The number of aliphatic hydroxyl groups is 1. The highest BCUT2D eigenvalue weighted by Crippen LogP contribution is 2.14. The molecule has 0 fully saturated rings. The molecule has 0 aliphatic rings. The molecule has 0 aliphatic heterocycles. The van der Waals surface area contributed by atoms with Crippen molar-refractivity contribution in [2.24, 2.45) is 0 Å². The first-order valence-corrected chi connectivity index (χ1v) is 4.60. The van der Waals surface area contributed by atoms with Crippen LogP contribution in [0.4, 0.5) is 0 Å². The van der Waals surface area contributed by atoms with Gasteiger partial charge >= 0.3 is 5.97 Å². The second-order valence-corrected chi connectivity index (χ2v) is 3.70. The molecule has 4 heteroatoms. The molecule has 0 heterocycles. The van der Waals surface area contributed by atoms with Crippen LogP contribution in [0.25, 0.3) is 0 Å². The Kier molecular flexibility index (Phi) is 5.84. The van der Waals surface area contributed by atoms with Crippen LogP contribution in [-0.4, -0.2) is 29.5 Å². The Morgan fingerprint density at radius 2 is 2.17 bits per heavy atom. The molecule has 0 rings (SSSR count). The third-order valence-electron chi connectivity index (χ3n) is 1.38. The number of ether oxygens (including phenoxy) is 1. The predicted octanol–water partition coefficient (Wildman–Crippen LogP) is 1.18. The first-order valence-electron chi connectivity index (χ1n) is 3.66. The zero-order valence-electron chi connectivity index (χ0n) is 7.48. The summed E-state index contributed by atoms with van der Waals surface area (Å²) in [6.07, 6.45) is 0.959. The topological polar surface area (TPSA) is 46.5 Å². The second kappa shape index (κ2) is 6.08. The molecule has 1 N–H and O–H groups in total. The maximum atomic E-state index is 10.6. The summed E-state index contributed by atoms with van der Waals surface area (Å²) in [5, 5.41) is 10.8. The Labute approximate surface area is 76.8 Å². The number of aliphatic hydroxyl groups excluding tert-OH is 1. The summed E-state index contributed by atoms with van der Waals surface area (Å²) in [5.41, 5.74) is 0. The van der Waals surface area contributed by atoms with Gasteiger partial charge in [-0.05, 0) is 12.3 Å². The van der Waals surface area contributed by atoms with Gasteiger partial charge in [-0.15, -0.1) is 11.8 Å². The van der Waals surface area contributed by atoms with Crippen LogP contribution in [0.2, 0.25) is 0 Å². The normalized spacial score (nSPS) is 16.0. The Bertz CT molecular complexity index is 166. The van der Waals surface area contributed by atoms with Gasteiger partial charge in [-0.25, -0.2) is 4.79 Å². The minimum Gasteiger partial charge on any atom is -0.466 e. The average Bonchev–Trinajstić information content (AvgIpc) is 2.03. The molecule has 0 bridgehead atoms. The van der Waals surface area contributed by atoms with Gasteiger partial charge in [0.25, 0.3) is 0 Å². The predicted molar refractivity (Wildman–Crippen MR) is 49.9 cm³/mol. The van der Waals surface area contributed by atoms with E-state index in [4.69, 9.17) is 5.11 Å². The third kappa shape index (κ3) is 5.21. The van der Waals surface area contributed by atoms with Crippen LogP contribution in [0.1, 0.15) is 13.8 Å². The Balaban J connectivity index is 3.67. The Morgan fingerprint density at radius 1 is 1.58 bits per heavy atom. The lowest BCUT2D eigenvalue weighted by Crippen LogP contribution is -2.14. The molecule has 2 unspecified atom stereocenters. The molecule has 0 aromatic heterocycles. The maximum Gasteiger partial charge on any atom is 0.330 e. The summed E-state index contributed by atoms with van der Waals surface area (Å²) in [6.45, 7) is 3.60. The molecule has 0 aromatic rings. The highest BCUT2D eigenvalue weighted by molar-refractivity contribution is 8.02.